The predicted octanol–water partition coefficient (Wildman–Crippen LogP) is 1.48. The highest BCUT2D eigenvalue weighted by molar-refractivity contribution is 5.55. The number of methoxy groups -OCH3 is 1. The summed E-state index contributed by atoms with van der Waals surface area (Å²) >= 11 is 0. The monoisotopic (exact) mass is 237 g/mol. The molecule has 0 unspecified atom stereocenters. The standard InChI is InChI=1S/C11H12FN3O2/c1-16-6-7-2-3-8(9(12)4-7)11-14-10(5-13)17-15-11/h2-4H,5-6,13H2,1H3. The van der Waals surface area contributed by atoms with E-state index >= 15 is 0 Å². The van der Waals surface area contributed by atoms with Crippen LogP contribution in [0.1, 0.15) is 11.5 Å². The van der Waals surface area contributed by atoms with Crippen molar-refractivity contribution in [3.05, 3.63) is 35.5 Å². The zero-order chi connectivity index (χ0) is 12.3. The number of hydrogen-bond donors (Lipinski definition) is 1. The van der Waals surface area contributed by atoms with E-state index in [4.69, 9.17) is 15.0 Å². The van der Waals surface area contributed by atoms with Crippen LogP contribution in [0, 0.1) is 5.82 Å². The molecular formula is C11H12FN3O2. The third-order valence-electron chi connectivity index (χ3n) is 2.23. The molecular weight excluding hydrogens is 225 g/mol. The second-order valence-electron chi connectivity index (χ2n) is 3.46. The van der Waals surface area contributed by atoms with Crippen LogP contribution in [0.4, 0.5) is 4.39 Å². The molecule has 2 N–H and O–H groups in total. The van der Waals surface area contributed by atoms with Gasteiger partial charge in [0.15, 0.2) is 0 Å². The Morgan fingerprint density at radius 3 is 2.88 bits per heavy atom. The van der Waals surface area contributed by atoms with Crippen LogP contribution in [-0.2, 0) is 17.9 Å². The van der Waals surface area contributed by atoms with Crippen LogP contribution in [0.15, 0.2) is 22.7 Å². The molecule has 0 amide bonds. The number of rotatable bonds is 4. The number of benzene rings is 1. The van der Waals surface area contributed by atoms with E-state index in [1.165, 1.54) is 6.07 Å². The van der Waals surface area contributed by atoms with Gasteiger partial charge >= 0.3 is 0 Å². The molecule has 1 aromatic heterocycles. The minimum atomic E-state index is -0.413. The first-order chi connectivity index (χ1) is 8.24. The molecule has 0 aliphatic carbocycles. The third-order valence-corrected chi connectivity index (χ3v) is 2.23. The van der Waals surface area contributed by atoms with Crippen LogP contribution in [-0.4, -0.2) is 17.3 Å². The predicted molar refractivity (Wildman–Crippen MR) is 58.3 cm³/mol. The van der Waals surface area contributed by atoms with Crippen molar-refractivity contribution >= 4 is 0 Å². The van der Waals surface area contributed by atoms with Crippen molar-refractivity contribution in [2.45, 2.75) is 13.2 Å². The molecule has 0 aliphatic rings. The molecule has 1 aromatic carbocycles. The highest BCUT2D eigenvalue weighted by Crippen LogP contribution is 2.21. The summed E-state index contributed by atoms with van der Waals surface area (Å²) in [5.41, 5.74) is 6.37. The average Bonchev–Trinajstić information content (AvgIpc) is 2.78. The number of aromatic nitrogens is 2. The lowest BCUT2D eigenvalue weighted by Gasteiger charge is -2.02. The topological polar surface area (TPSA) is 74.2 Å². The number of halogens is 1. The van der Waals surface area contributed by atoms with Gasteiger partial charge in [-0.25, -0.2) is 4.39 Å². The van der Waals surface area contributed by atoms with Gasteiger partial charge in [0.25, 0.3) is 0 Å². The van der Waals surface area contributed by atoms with Crippen molar-refractivity contribution in [1.82, 2.24) is 10.1 Å². The quantitative estimate of drug-likeness (QED) is 0.871. The zero-order valence-electron chi connectivity index (χ0n) is 9.31. The Bertz CT molecular complexity index is 513. The molecule has 0 saturated carbocycles. The molecule has 0 bridgehead atoms. The lowest BCUT2D eigenvalue weighted by molar-refractivity contribution is 0.184. The van der Waals surface area contributed by atoms with Crippen LogP contribution in [0.5, 0.6) is 0 Å². The summed E-state index contributed by atoms with van der Waals surface area (Å²) in [6.07, 6.45) is 0. The Morgan fingerprint density at radius 2 is 2.29 bits per heavy atom. The Hall–Kier alpha value is -1.79. The van der Waals surface area contributed by atoms with Gasteiger partial charge in [-0.1, -0.05) is 11.2 Å². The van der Waals surface area contributed by atoms with Gasteiger partial charge in [-0.2, -0.15) is 4.98 Å². The third kappa shape index (κ3) is 2.48. The Morgan fingerprint density at radius 1 is 1.47 bits per heavy atom. The van der Waals surface area contributed by atoms with Crippen LogP contribution in [0.3, 0.4) is 0 Å². The molecule has 6 heteroatoms. The van der Waals surface area contributed by atoms with Gasteiger partial charge in [0.05, 0.1) is 18.7 Å². The van der Waals surface area contributed by atoms with Gasteiger partial charge < -0.3 is 15.0 Å². The first-order valence-electron chi connectivity index (χ1n) is 5.05. The van der Waals surface area contributed by atoms with E-state index in [0.29, 0.717) is 6.61 Å². The van der Waals surface area contributed by atoms with E-state index in [2.05, 4.69) is 10.1 Å². The van der Waals surface area contributed by atoms with E-state index in [-0.39, 0.29) is 23.8 Å². The van der Waals surface area contributed by atoms with Gasteiger partial charge in [-0.3, -0.25) is 0 Å². The fourth-order valence-corrected chi connectivity index (χ4v) is 1.44. The number of nitrogens with zero attached hydrogens (tertiary/aromatic N) is 2. The largest absolute Gasteiger partial charge is 0.380 e. The molecule has 17 heavy (non-hydrogen) atoms. The van der Waals surface area contributed by atoms with Gasteiger partial charge in [-0.15, -0.1) is 0 Å². The van der Waals surface area contributed by atoms with E-state index in [1.54, 1.807) is 19.2 Å². The molecule has 90 valence electrons. The maximum atomic E-state index is 13.8. The summed E-state index contributed by atoms with van der Waals surface area (Å²) in [7, 11) is 1.55. The van der Waals surface area contributed by atoms with Crippen molar-refractivity contribution in [2.75, 3.05) is 7.11 Å². The molecule has 0 saturated heterocycles. The summed E-state index contributed by atoms with van der Waals surface area (Å²) in [4.78, 5) is 3.96. The maximum absolute atomic E-state index is 13.8. The van der Waals surface area contributed by atoms with Crippen molar-refractivity contribution < 1.29 is 13.7 Å². The molecule has 0 fully saturated rings. The first kappa shape index (κ1) is 11.7. The molecule has 2 aromatic rings. The molecule has 0 radical (unpaired) electrons. The summed E-state index contributed by atoms with van der Waals surface area (Å²) in [6.45, 7) is 0.494. The summed E-state index contributed by atoms with van der Waals surface area (Å²) in [5, 5.41) is 3.66. The van der Waals surface area contributed by atoms with Crippen molar-refractivity contribution in [2.24, 2.45) is 5.73 Å². The average molecular weight is 237 g/mol. The van der Waals surface area contributed by atoms with Crippen LogP contribution >= 0.6 is 0 Å². The molecule has 5 nitrogen and oxygen atoms in total. The van der Waals surface area contributed by atoms with E-state index in [0.717, 1.165) is 5.56 Å². The molecule has 0 aliphatic heterocycles. The van der Waals surface area contributed by atoms with Crippen molar-refractivity contribution in [3.8, 4) is 11.4 Å². The smallest absolute Gasteiger partial charge is 0.240 e. The normalized spacial score (nSPS) is 10.8. The summed E-state index contributed by atoms with van der Waals surface area (Å²) in [5.74, 6) is 0.0659. The Labute approximate surface area is 97.4 Å². The lowest BCUT2D eigenvalue weighted by Crippen LogP contribution is -1.96. The van der Waals surface area contributed by atoms with Crippen molar-refractivity contribution in [1.29, 1.82) is 0 Å². The Balaban J connectivity index is 2.32. The van der Waals surface area contributed by atoms with E-state index < -0.39 is 5.82 Å². The second-order valence-corrected chi connectivity index (χ2v) is 3.46. The number of hydrogen-bond acceptors (Lipinski definition) is 5. The van der Waals surface area contributed by atoms with Gasteiger partial charge in [0, 0.05) is 7.11 Å². The highest BCUT2D eigenvalue weighted by atomic mass is 19.1. The minimum Gasteiger partial charge on any atom is -0.380 e. The fourth-order valence-electron chi connectivity index (χ4n) is 1.44. The van der Waals surface area contributed by atoms with Crippen LogP contribution in [0.25, 0.3) is 11.4 Å². The zero-order valence-corrected chi connectivity index (χ0v) is 9.31. The fraction of sp³-hybridized carbons (Fsp3) is 0.273. The molecule has 1 heterocycles. The Kier molecular flexibility index (Phi) is 3.46. The van der Waals surface area contributed by atoms with Gasteiger partial charge in [0.1, 0.15) is 5.82 Å². The summed E-state index contributed by atoms with van der Waals surface area (Å²) < 4.78 is 23.5. The lowest BCUT2D eigenvalue weighted by atomic mass is 10.1. The van der Waals surface area contributed by atoms with Gasteiger partial charge in [0.2, 0.25) is 11.7 Å². The van der Waals surface area contributed by atoms with E-state index in [1.807, 2.05) is 0 Å². The molecule has 2 rings (SSSR count). The first-order valence-corrected chi connectivity index (χ1v) is 5.05. The molecule has 0 atom stereocenters. The van der Waals surface area contributed by atoms with Crippen molar-refractivity contribution in [3.63, 3.8) is 0 Å². The van der Waals surface area contributed by atoms with Gasteiger partial charge in [-0.05, 0) is 17.7 Å². The SMILES string of the molecule is COCc1ccc(-c2noc(CN)n2)c(F)c1. The number of nitrogens with two attached hydrogens (primary N) is 1. The summed E-state index contributed by atoms with van der Waals surface area (Å²) in [6, 6.07) is 4.73. The highest BCUT2D eigenvalue weighted by Gasteiger charge is 2.12. The maximum Gasteiger partial charge on any atom is 0.240 e. The number of ether oxygens (including phenoxy) is 1. The van der Waals surface area contributed by atoms with E-state index in [9.17, 15) is 4.39 Å². The van der Waals surface area contributed by atoms with Crippen LogP contribution < -0.4 is 5.73 Å². The molecule has 0 spiro atoms. The van der Waals surface area contributed by atoms with Crippen LogP contribution in [0.2, 0.25) is 0 Å². The minimum absolute atomic E-state index is 0.135. The second kappa shape index (κ2) is 5.03.